The first kappa shape index (κ1) is 15.8. The van der Waals surface area contributed by atoms with Gasteiger partial charge < -0.3 is 9.63 Å². The number of aliphatic hydroxyl groups is 1. The third-order valence-corrected chi connectivity index (χ3v) is 3.74. The Morgan fingerprint density at radius 3 is 2.88 bits per heavy atom. The number of non-ortho nitro benzene ring substituents is 1. The van der Waals surface area contributed by atoms with Gasteiger partial charge in [0.15, 0.2) is 5.52 Å². The lowest BCUT2D eigenvalue weighted by Gasteiger charge is -2.12. The van der Waals surface area contributed by atoms with E-state index in [4.69, 9.17) is 4.52 Å². The molecule has 124 valence electrons. The number of aryl methyl sites for hydroxylation is 2. The van der Waals surface area contributed by atoms with Gasteiger partial charge in [-0.2, -0.15) is 5.10 Å². The van der Waals surface area contributed by atoms with Crippen molar-refractivity contribution in [3.8, 4) is 0 Å². The molecular formula is C15H14N4O5. The van der Waals surface area contributed by atoms with Crippen LogP contribution >= 0.6 is 0 Å². The predicted octanol–water partition coefficient (Wildman–Crippen LogP) is 1.64. The molecule has 1 unspecified atom stereocenters. The van der Waals surface area contributed by atoms with E-state index in [0.29, 0.717) is 22.4 Å². The van der Waals surface area contributed by atoms with Crippen LogP contribution in [0.25, 0.3) is 10.9 Å². The zero-order chi connectivity index (χ0) is 17.4. The van der Waals surface area contributed by atoms with Gasteiger partial charge in [0.2, 0.25) is 0 Å². The molecule has 0 aliphatic heterocycles. The van der Waals surface area contributed by atoms with Crippen molar-refractivity contribution < 1.29 is 14.6 Å². The van der Waals surface area contributed by atoms with Crippen LogP contribution in [0.1, 0.15) is 23.1 Å². The standard InChI is InChI=1S/C15H14N4O5/c1-8-13-9(2)24-17-14(13)15(21)18(16-8)7-12(20)10-4-3-5-11(6-10)19(22)23/h3-6,12,20H,7H2,1-2H3. The van der Waals surface area contributed by atoms with E-state index in [1.54, 1.807) is 19.9 Å². The van der Waals surface area contributed by atoms with E-state index < -0.39 is 16.6 Å². The van der Waals surface area contributed by atoms with Crippen LogP contribution in [0.5, 0.6) is 0 Å². The number of rotatable bonds is 4. The van der Waals surface area contributed by atoms with Crippen LogP contribution in [0.15, 0.2) is 33.6 Å². The van der Waals surface area contributed by atoms with E-state index in [2.05, 4.69) is 10.3 Å². The molecule has 24 heavy (non-hydrogen) atoms. The summed E-state index contributed by atoms with van der Waals surface area (Å²) >= 11 is 0. The summed E-state index contributed by atoms with van der Waals surface area (Å²) in [6.45, 7) is 3.25. The van der Waals surface area contributed by atoms with Crippen molar-refractivity contribution in [2.24, 2.45) is 0 Å². The lowest BCUT2D eigenvalue weighted by Crippen LogP contribution is -2.27. The van der Waals surface area contributed by atoms with Gasteiger partial charge in [0, 0.05) is 12.1 Å². The molecule has 1 N–H and O–H groups in total. The highest BCUT2D eigenvalue weighted by Gasteiger charge is 2.18. The minimum Gasteiger partial charge on any atom is -0.386 e. The maximum absolute atomic E-state index is 12.4. The summed E-state index contributed by atoms with van der Waals surface area (Å²) in [7, 11) is 0. The fourth-order valence-corrected chi connectivity index (χ4v) is 2.58. The van der Waals surface area contributed by atoms with E-state index in [1.165, 1.54) is 18.2 Å². The molecule has 1 atom stereocenters. The molecule has 3 rings (SSSR count). The third kappa shape index (κ3) is 2.65. The summed E-state index contributed by atoms with van der Waals surface area (Å²) in [5, 5.41) is 29.6. The van der Waals surface area contributed by atoms with E-state index in [0.717, 1.165) is 4.68 Å². The molecule has 1 aromatic carbocycles. The summed E-state index contributed by atoms with van der Waals surface area (Å²) in [6.07, 6.45) is -1.13. The van der Waals surface area contributed by atoms with Crippen molar-refractivity contribution in [2.45, 2.75) is 26.5 Å². The largest absolute Gasteiger partial charge is 0.386 e. The van der Waals surface area contributed by atoms with Gasteiger partial charge >= 0.3 is 0 Å². The average Bonchev–Trinajstić information content (AvgIpc) is 2.95. The average molecular weight is 330 g/mol. The van der Waals surface area contributed by atoms with Crippen LogP contribution in [0, 0.1) is 24.0 Å². The van der Waals surface area contributed by atoms with Crippen LogP contribution in [0.3, 0.4) is 0 Å². The summed E-state index contributed by atoms with van der Waals surface area (Å²) in [5.41, 5.74) is 0.398. The first-order valence-corrected chi connectivity index (χ1v) is 7.14. The van der Waals surface area contributed by atoms with E-state index in [1.807, 2.05) is 0 Å². The number of aliphatic hydroxyl groups excluding tert-OH is 1. The van der Waals surface area contributed by atoms with Gasteiger partial charge in [-0.1, -0.05) is 17.3 Å². The van der Waals surface area contributed by atoms with Crippen molar-refractivity contribution in [3.63, 3.8) is 0 Å². The Morgan fingerprint density at radius 1 is 1.42 bits per heavy atom. The molecule has 3 aromatic rings. The van der Waals surface area contributed by atoms with Gasteiger partial charge in [-0.05, 0) is 19.4 Å². The van der Waals surface area contributed by atoms with Crippen molar-refractivity contribution >= 4 is 16.6 Å². The van der Waals surface area contributed by atoms with E-state index >= 15 is 0 Å². The summed E-state index contributed by atoms with van der Waals surface area (Å²) in [5.74, 6) is 0.499. The smallest absolute Gasteiger partial charge is 0.296 e. The molecular weight excluding hydrogens is 316 g/mol. The van der Waals surface area contributed by atoms with E-state index in [9.17, 15) is 20.0 Å². The Bertz CT molecular complexity index is 991. The fraction of sp³-hybridized carbons (Fsp3) is 0.267. The van der Waals surface area contributed by atoms with Crippen LogP contribution in [0.4, 0.5) is 5.69 Å². The summed E-state index contributed by atoms with van der Waals surface area (Å²) in [4.78, 5) is 22.7. The van der Waals surface area contributed by atoms with Crippen LogP contribution in [-0.2, 0) is 6.54 Å². The van der Waals surface area contributed by atoms with Crippen LogP contribution in [-0.4, -0.2) is 25.0 Å². The summed E-state index contributed by atoms with van der Waals surface area (Å²) < 4.78 is 6.11. The maximum Gasteiger partial charge on any atom is 0.296 e. The molecule has 9 heteroatoms. The minimum atomic E-state index is -1.13. The number of hydrogen-bond acceptors (Lipinski definition) is 7. The monoisotopic (exact) mass is 330 g/mol. The molecule has 0 aliphatic rings. The number of nitrogens with zero attached hydrogens (tertiary/aromatic N) is 4. The van der Waals surface area contributed by atoms with Gasteiger partial charge in [0.05, 0.1) is 28.7 Å². The summed E-state index contributed by atoms with van der Waals surface area (Å²) in [6, 6.07) is 5.62. The van der Waals surface area contributed by atoms with Gasteiger partial charge in [0.25, 0.3) is 11.2 Å². The predicted molar refractivity (Wildman–Crippen MR) is 83.6 cm³/mol. The molecule has 2 aromatic heterocycles. The molecule has 0 aliphatic carbocycles. The van der Waals surface area contributed by atoms with Gasteiger partial charge in [-0.25, -0.2) is 4.68 Å². The van der Waals surface area contributed by atoms with Crippen molar-refractivity contribution in [1.29, 1.82) is 0 Å². The lowest BCUT2D eigenvalue weighted by atomic mass is 10.1. The number of fused-ring (bicyclic) bond motifs is 1. The Morgan fingerprint density at radius 2 is 2.17 bits per heavy atom. The van der Waals surface area contributed by atoms with Crippen molar-refractivity contribution in [2.75, 3.05) is 0 Å². The molecule has 0 bridgehead atoms. The first-order valence-electron chi connectivity index (χ1n) is 7.14. The van der Waals surface area contributed by atoms with Gasteiger partial charge in [-0.15, -0.1) is 0 Å². The topological polar surface area (TPSA) is 124 Å². The normalized spacial score (nSPS) is 12.5. The number of aromatic nitrogens is 3. The Hall–Kier alpha value is -3.07. The number of nitro groups is 1. The second-order valence-electron chi connectivity index (χ2n) is 5.40. The highest BCUT2D eigenvalue weighted by Crippen LogP contribution is 2.21. The molecule has 0 saturated carbocycles. The van der Waals surface area contributed by atoms with Gasteiger partial charge in [0.1, 0.15) is 5.76 Å². The zero-order valence-electron chi connectivity index (χ0n) is 13.0. The lowest BCUT2D eigenvalue weighted by molar-refractivity contribution is -0.385. The first-order chi connectivity index (χ1) is 11.4. The molecule has 0 saturated heterocycles. The molecule has 0 amide bonds. The second kappa shape index (κ2) is 5.85. The molecule has 0 radical (unpaired) electrons. The van der Waals surface area contributed by atoms with Gasteiger partial charge in [-0.3, -0.25) is 14.9 Å². The number of benzene rings is 1. The number of hydrogen-bond donors (Lipinski definition) is 1. The highest BCUT2D eigenvalue weighted by atomic mass is 16.6. The van der Waals surface area contributed by atoms with Crippen LogP contribution in [0.2, 0.25) is 0 Å². The quantitative estimate of drug-likeness (QED) is 0.569. The minimum absolute atomic E-state index is 0.134. The van der Waals surface area contributed by atoms with Crippen LogP contribution < -0.4 is 5.56 Å². The Labute approximate surface area is 135 Å². The highest BCUT2D eigenvalue weighted by molar-refractivity contribution is 5.81. The maximum atomic E-state index is 12.4. The fourth-order valence-electron chi connectivity index (χ4n) is 2.58. The van der Waals surface area contributed by atoms with Crippen molar-refractivity contribution in [3.05, 3.63) is 61.8 Å². The Kier molecular flexibility index (Phi) is 3.86. The molecule has 9 nitrogen and oxygen atoms in total. The molecule has 2 heterocycles. The number of nitro benzene ring substituents is 1. The third-order valence-electron chi connectivity index (χ3n) is 3.74. The molecule has 0 spiro atoms. The van der Waals surface area contributed by atoms with E-state index in [-0.39, 0.29) is 17.7 Å². The second-order valence-corrected chi connectivity index (χ2v) is 5.40. The SMILES string of the molecule is Cc1nn(CC(O)c2cccc([N+](=O)[O-])c2)c(=O)c2noc(C)c12. The molecule has 0 fully saturated rings. The Balaban J connectivity index is 1.98. The van der Waals surface area contributed by atoms with Crippen molar-refractivity contribution in [1.82, 2.24) is 14.9 Å². The zero-order valence-corrected chi connectivity index (χ0v) is 13.0.